The molecule has 0 radical (unpaired) electrons. The summed E-state index contributed by atoms with van der Waals surface area (Å²) in [7, 11) is 0. The molecule has 0 N–H and O–H groups in total. The lowest BCUT2D eigenvalue weighted by atomic mass is 10.1. The fourth-order valence-corrected chi connectivity index (χ4v) is 3.47. The molecule has 6 heteroatoms. The van der Waals surface area contributed by atoms with E-state index in [4.69, 9.17) is 5.26 Å². The van der Waals surface area contributed by atoms with Gasteiger partial charge in [0.1, 0.15) is 5.82 Å². The normalized spacial score (nSPS) is 11.9. The molecule has 2 aromatic carbocycles. The maximum absolute atomic E-state index is 14.3. The van der Waals surface area contributed by atoms with Crippen molar-refractivity contribution in [2.45, 2.75) is 25.0 Å². The van der Waals surface area contributed by atoms with Gasteiger partial charge in [0.2, 0.25) is 0 Å². The number of hydrogen-bond acceptors (Lipinski definition) is 4. The largest absolute Gasteiger partial charge is 0.302 e. The molecule has 0 saturated carbocycles. The molecule has 1 atom stereocenters. The summed E-state index contributed by atoms with van der Waals surface area (Å²) in [5, 5.41) is 18.2. The summed E-state index contributed by atoms with van der Waals surface area (Å²) in [6.07, 6.45) is 0.793. The summed E-state index contributed by atoms with van der Waals surface area (Å²) >= 11 is 1.48. The minimum Gasteiger partial charge on any atom is -0.302 e. The monoisotopic (exact) mass is 366 g/mol. The SMILES string of the molecule is C[C@@H](C#N)CSc1nnc(-c2ccccc2F)n1CCc1ccccc1. The van der Waals surface area contributed by atoms with Gasteiger partial charge in [0, 0.05) is 12.3 Å². The molecule has 0 saturated heterocycles. The molecule has 0 fully saturated rings. The molecule has 0 aliphatic rings. The van der Waals surface area contributed by atoms with Crippen LogP contribution in [0.4, 0.5) is 4.39 Å². The highest BCUT2D eigenvalue weighted by atomic mass is 32.2. The molecular formula is C20H19FN4S. The Morgan fingerprint density at radius 1 is 1.12 bits per heavy atom. The first kappa shape index (κ1) is 18.2. The van der Waals surface area contributed by atoms with Crippen molar-refractivity contribution in [1.82, 2.24) is 14.8 Å². The van der Waals surface area contributed by atoms with Crippen molar-refractivity contribution in [3.05, 3.63) is 66.0 Å². The number of thioether (sulfide) groups is 1. The Morgan fingerprint density at radius 3 is 2.58 bits per heavy atom. The third-order valence-electron chi connectivity index (χ3n) is 3.98. The van der Waals surface area contributed by atoms with Crippen LogP contribution in [0.3, 0.4) is 0 Å². The van der Waals surface area contributed by atoms with Gasteiger partial charge in [-0.25, -0.2) is 4.39 Å². The fourth-order valence-electron chi connectivity index (χ4n) is 2.56. The topological polar surface area (TPSA) is 54.5 Å². The number of aryl methyl sites for hydroxylation is 1. The number of benzene rings is 2. The highest BCUT2D eigenvalue weighted by Crippen LogP contribution is 2.27. The van der Waals surface area contributed by atoms with E-state index in [1.807, 2.05) is 29.7 Å². The molecule has 0 bridgehead atoms. The van der Waals surface area contributed by atoms with E-state index in [0.717, 1.165) is 6.42 Å². The van der Waals surface area contributed by atoms with Gasteiger partial charge in [0.05, 0.1) is 17.6 Å². The molecule has 4 nitrogen and oxygen atoms in total. The van der Waals surface area contributed by atoms with Gasteiger partial charge in [-0.3, -0.25) is 0 Å². The first-order valence-corrected chi connectivity index (χ1v) is 9.42. The Hall–Kier alpha value is -2.65. The Morgan fingerprint density at radius 2 is 1.85 bits per heavy atom. The van der Waals surface area contributed by atoms with Crippen LogP contribution >= 0.6 is 11.8 Å². The zero-order chi connectivity index (χ0) is 18.4. The van der Waals surface area contributed by atoms with E-state index in [1.165, 1.54) is 23.4 Å². The Bertz CT molecular complexity index is 902. The van der Waals surface area contributed by atoms with Crippen molar-refractivity contribution >= 4 is 11.8 Å². The fraction of sp³-hybridized carbons (Fsp3) is 0.250. The van der Waals surface area contributed by atoms with Gasteiger partial charge in [-0.1, -0.05) is 54.2 Å². The van der Waals surface area contributed by atoms with Gasteiger partial charge in [0.25, 0.3) is 0 Å². The van der Waals surface area contributed by atoms with Crippen LogP contribution in [0.25, 0.3) is 11.4 Å². The van der Waals surface area contributed by atoms with Gasteiger partial charge in [-0.2, -0.15) is 5.26 Å². The van der Waals surface area contributed by atoms with Crippen molar-refractivity contribution in [2.24, 2.45) is 5.92 Å². The molecule has 3 aromatic rings. The summed E-state index contributed by atoms with van der Waals surface area (Å²) in [5.41, 5.74) is 1.63. The van der Waals surface area contributed by atoms with E-state index in [0.29, 0.717) is 28.8 Å². The summed E-state index contributed by atoms with van der Waals surface area (Å²) in [6.45, 7) is 2.51. The Balaban J connectivity index is 1.90. The molecule has 0 aliphatic carbocycles. The molecule has 0 unspecified atom stereocenters. The average Bonchev–Trinajstić information content (AvgIpc) is 3.08. The van der Waals surface area contributed by atoms with Crippen LogP contribution in [0.5, 0.6) is 0 Å². The van der Waals surface area contributed by atoms with Gasteiger partial charge in [-0.15, -0.1) is 10.2 Å². The highest BCUT2D eigenvalue weighted by molar-refractivity contribution is 7.99. The van der Waals surface area contributed by atoms with E-state index in [2.05, 4.69) is 28.4 Å². The van der Waals surface area contributed by atoms with Crippen LogP contribution in [-0.2, 0) is 13.0 Å². The van der Waals surface area contributed by atoms with Crippen LogP contribution in [-0.4, -0.2) is 20.5 Å². The minimum atomic E-state index is -0.317. The van der Waals surface area contributed by atoms with E-state index in [-0.39, 0.29) is 11.7 Å². The summed E-state index contributed by atoms with van der Waals surface area (Å²) < 4.78 is 16.2. The van der Waals surface area contributed by atoms with Crippen LogP contribution in [0.15, 0.2) is 59.8 Å². The van der Waals surface area contributed by atoms with E-state index >= 15 is 0 Å². The summed E-state index contributed by atoms with van der Waals surface area (Å²) in [6, 6.07) is 18.9. The molecule has 26 heavy (non-hydrogen) atoms. The number of rotatable bonds is 7. The zero-order valence-corrected chi connectivity index (χ0v) is 15.3. The Labute approximate surface area is 156 Å². The average molecular weight is 366 g/mol. The number of nitriles is 1. The van der Waals surface area contributed by atoms with Gasteiger partial charge in [0.15, 0.2) is 11.0 Å². The Kier molecular flexibility index (Phi) is 6.03. The van der Waals surface area contributed by atoms with E-state index in [9.17, 15) is 4.39 Å². The molecule has 3 rings (SSSR count). The third-order valence-corrected chi connectivity index (χ3v) is 5.21. The second-order valence-electron chi connectivity index (χ2n) is 6.01. The smallest absolute Gasteiger partial charge is 0.191 e. The van der Waals surface area contributed by atoms with Crippen LogP contribution in [0.2, 0.25) is 0 Å². The van der Waals surface area contributed by atoms with Gasteiger partial charge < -0.3 is 4.57 Å². The van der Waals surface area contributed by atoms with Crippen molar-refractivity contribution in [2.75, 3.05) is 5.75 Å². The number of aromatic nitrogens is 3. The van der Waals surface area contributed by atoms with E-state index in [1.54, 1.807) is 18.2 Å². The van der Waals surface area contributed by atoms with Crippen LogP contribution < -0.4 is 0 Å². The number of nitrogens with zero attached hydrogens (tertiary/aromatic N) is 4. The van der Waals surface area contributed by atoms with Crippen molar-refractivity contribution in [1.29, 1.82) is 5.26 Å². The quantitative estimate of drug-likeness (QED) is 0.574. The standard InChI is InChI=1S/C20H19FN4S/c1-15(13-22)14-26-20-24-23-19(17-9-5-6-10-18(17)21)25(20)12-11-16-7-3-2-4-8-16/h2-10,15H,11-12,14H2,1H3/t15-/m0/s1. The molecule has 1 heterocycles. The molecule has 0 amide bonds. The maximum Gasteiger partial charge on any atom is 0.191 e. The van der Waals surface area contributed by atoms with Gasteiger partial charge >= 0.3 is 0 Å². The second-order valence-corrected chi connectivity index (χ2v) is 7.00. The number of halogens is 1. The second kappa shape index (κ2) is 8.63. The molecule has 0 aliphatic heterocycles. The predicted octanol–water partition coefficient (Wildman–Crippen LogP) is 4.58. The van der Waals surface area contributed by atoms with Gasteiger partial charge in [-0.05, 0) is 31.0 Å². The molecular weight excluding hydrogens is 347 g/mol. The molecule has 0 spiro atoms. The lowest BCUT2D eigenvalue weighted by Crippen LogP contribution is -2.07. The zero-order valence-electron chi connectivity index (χ0n) is 14.5. The van der Waals surface area contributed by atoms with Crippen molar-refractivity contribution in [3.8, 4) is 17.5 Å². The van der Waals surface area contributed by atoms with Crippen molar-refractivity contribution < 1.29 is 4.39 Å². The highest BCUT2D eigenvalue weighted by Gasteiger charge is 2.17. The first-order chi connectivity index (χ1) is 12.7. The third kappa shape index (κ3) is 4.30. The summed E-state index contributed by atoms with van der Waals surface area (Å²) in [4.78, 5) is 0. The maximum atomic E-state index is 14.3. The molecule has 132 valence electrons. The first-order valence-electron chi connectivity index (χ1n) is 8.43. The predicted molar refractivity (Wildman–Crippen MR) is 101 cm³/mol. The van der Waals surface area contributed by atoms with Crippen molar-refractivity contribution in [3.63, 3.8) is 0 Å². The molecule has 1 aromatic heterocycles. The number of hydrogen-bond donors (Lipinski definition) is 0. The minimum absolute atomic E-state index is 0.0869. The van der Waals surface area contributed by atoms with Crippen LogP contribution in [0.1, 0.15) is 12.5 Å². The lowest BCUT2D eigenvalue weighted by Gasteiger charge is -2.11. The van der Waals surface area contributed by atoms with Crippen LogP contribution in [0, 0.1) is 23.1 Å². The lowest BCUT2D eigenvalue weighted by molar-refractivity contribution is 0.615. The van der Waals surface area contributed by atoms with E-state index < -0.39 is 0 Å². The summed E-state index contributed by atoms with van der Waals surface area (Å²) in [5.74, 6) is 0.738.